The van der Waals surface area contributed by atoms with Crippen LogP contribution in [0.25, 0.3) is 0 Å². The van der Waals surface area contributed by atoms with Gasteiger partial charge in [-0.25, -0.2) is 0 Å². The molecule has 0 N–H and O–H groups in total. The van der Waals surface area contributed by atoms with Crippen LogP contribution in [0, 0.1) is 16.4 Å². The van der Waals surface area contributed by atoms with Crippen LogP contribution in [-0.4, -0.2) is 10.7 Å². The maximum absolute atomic E-state index is 10.3. The summed E-state index contributed by atoms with van der Waals surface area (Å²) in [6.07, 6.45) is 4.56. The van der Waals surface area contributed by atoms with Crippen molar-refractivity contribution < 1.29 is 4.92 Å². The first-order valence-electron chi connectivity index (χ1n) is 3.84. The van der Waals surface area contributed by atoms with E-state index in [-0.39, 0.29) is 10.6 Å². The Labute approximate surface area is 81.3 Å². The number of aryl methyl sites for hydroxylation is 1. The number of thioether (sulfide) groups is 1. The highest BCUT2D eigenvalue weighted by atomic mass is 32.2. The van der Waals surface area contributed by atoms with E-state index >= 15 is 0 Å². The van der Waals surface area contributed by atoms with E-state index in [9.17, 15) is 10.1 Å². The molecule has 0 atom stereocenters. The Bertz CT molecular complexity index is 284. The summed E-state index contributed by atoms with van der Waals surface area (Å²) < 4.78 is 0. The largest absolute Gasteiger partial charge is 0.269 e. The van der Waals surface area contributed by atoms with Gasteiger partial charge in [0.15, 0.2) is 0 Å². The molecular formula is C9H10NO2S. The molecule has 3 nitrogen and oxygen atoms in total. The molecule has 0 aliphatic heterocycles. The lowest BCUT2D eigenvalue weighted by molar-refractivity contribution is -0.384. The molecule has 13 heavy (non-hydrogen) atoms. The van der Waals surface area contributed by atoms with Crippen LogP contribution < -0.4 is 0 Å². The van der Waals surface area contributed by atoms with E-state index in [2.05, 4.69) is 6.26 Å². The van der Waals surface area contributed by atoms with Crippen molar-refractivity contribution in [2.24, 2.45) is 0 Å². The molecule has 0 amide bonds. The van der Waals surface area contributed by atoms with E-state index in [4.69, 9.17) is 0 Å². The van der Waals surface area contributed by atoms with E-state index < -0.39 is 0 Å². The maximum atomic E-state index is 10.3. The van der Waals surface area contributed by atoms with Gasteiger partial charge in [-0.3, -0.25) is 10.1 Å². The van der Waals surface area contributed by atoms with E-state index in [1.807, 2.05) is 0 Å². The lowest BCUT2D eigenvalue weighted by atomic mass is 10.1. The zero-order valence-electron chi connectivity index (χ0n) is 7.10. The lowest BCUT2D eigenvalue weighted by Gasteiger charge is -1.97. The monoisotopic (exact) mass is 196 g/mol. The Kier molecular flexibility index (Phi) is 3.76. The highest BCUT2D eigenvalue weighted by Gasteiger charge is 2.02. The Balaban J connectivity index is 2.64. The van der Waals surface area contributed by atoms with Crippen LogP contribution in [0.5, 0.6) is 0 Å². The van der Waals surface area contributed by atoms with Crippen molar-refractivity contribution >= 4 is 17.4 Å². The summed E-state index contributed by atoms with van der Waals surface area (Å²) in [7, 11) is 0. The summed E-state index contributed by atoms with van der Waals surface area (Å²) in [5.74, 6) is 0.942. The molecule has 0 aliphatic rings. The zero-order valence-corrected chi connectivity index (χ0v) is 7.92. The SMILES string of the molecule is [CH2]SCCc1ccc([N+](=O)[O-])cc1. The number of non-ortho nitro benzene ring substituents is 1. The van der Waals surface area contributed by atoms with E-state index in [0.29, 0.717) is 0 Å². The van der Waals surface area contributed by atoms with Crippen molar-refractivity contribution in [1.82, 2.24) is 0 Å². The molecule has 4 heteroatoms. The second-order valence-corrected chi connectivity index (χ2v) is 3.40. The minimum Gasteiger partial charge on any atom is -0.258 e. The van der Waals surface area contributed by atoms with Gasteiger partial charge < -0.3 is 0 Å². The summed E-state index contributed by atoms with van der Waals surface area (Å²) in [6, 6.07) is 6.63. The molecule has 1 aromatic carbocycles. The van der Waals surface area contributed by atoms with E-state index in [1.165, 1.54) is 23.9 Å². The number of rotatable bonds is 4. The third kappa shape index (κ3) is 3.06. The molecule has 0 heterocycles. The lowest BCUT2D eigenvalue weighted by Crippen LogP contribution is -1.90. The fourth-order valence-electron chi connectivity index (χ4n) is 0.974. The second kappa shape index (κ2) is 4.87. The molecule has 1 rings (SSSR count). The van der Waals surface area contributed by atoms with Crippen molar-refractivity contribution in [2.45, 2.75) is 6.42 Å². The molecule has 0 saturated heterocycles. The van der Waals surface area contributed by atoms with Gasteiger partial charge in [0, 0.05) is 18.4 Å². The highest BCUT2D eigenvalue weighted by molar-refractivity contribution is 8.00. The Morgan fingerprint density at radius 3 is 2.46 bits per heavy atom. The molecule has 0 aromatic heterocycles. The number of nitro groups is 1. The second-order valence-electron chi connectivity index (χ2n) is 2.58. The quantitative estimate of drug-likeness (QED) is 0.549. The van der Waals surface area contributed by atoms with Crippen LogP contribution in [0.1, 0.15) is 5.56 Å². The molecule has 0 saturated carbocycles. The summed E-state index contributed by atoms with van der Waals surface area (Å²) in [5.41, 5.74) is 1.26. The molecule has 0 bridgehead atoms. The van der Waals surface area contributed by atoms with Gasteiger partial charge >= 0.3 is 0 Å². The minimum atomic E-state index is -0.389. The standard InChI is InChI=1S/C9H10NO2S/c1-13-7-6-8-2-4-9(5-3-8)10(11)12/h2-5H,1,6-7H2. The first-order valence-corrected chi connectivity index (χ1v) is 5.00. The third-order valence-electron chi connectivity index (χ3n) is 1.68. The average Bonchev–Trinajstić information content (AvgIpc) is 2.15. The minimum absolute atomic E-state index is 0.144. The van der Waals surface area contributed by atoms with Gasteiger partial charge in [0.1, 0.15) is 0 Å². The van der Waals surface area contributed by atoms with Gasteiger partial charge in [-0.2, -0.15) is 11.8 Å². The fraction of sp³-hybridized carbons (Fsp3) is 0.222. The average molecular weight is 196 g/mol. The topological polar surface area (TPSA) is 43.1 Å². The molecule has 69 valence electrons. The van der Waals surface area contributed by atoms with Gasteiger partial charge in [-0.15, -0.1) is 0 Å². The fourth-order valence-corrected chi connectivity index (χ4v) is 1.35. The summed E-state index contributed by atoms with van der Waals surface area (Å²) in [6.45, 7) is 0. The normalized spacial score (nSPS) is 9.92. The van der Waals surface area contributed by atoms with Crippen LogP contribution >= 0.6 is 11.8 Å². The van der Waals surface area contributed by atoms with Gasteiger partial charge in [0.2, 0.25) is 0 Å². The molecule has 0 aliphatic carbocycles. The third-order valence-corrected chi connectivity index (χ3v) is 2.18. The number of nitro benzene ring substituents is 1. The predicted octanol–water partition coefficient (Wildman–Crippen LogP) is 2.66. The first-order chi connectivity index (χ1) is 6.24. The van der Waals surface area contributed by atoms with Crippen molar-refractivity contribution in [3.8, 4) is 0 Å². The molecular weight excluding hydrogens is 186 g/mol. The molecule has 1 aromatic rings. The van der Waals surface area contributed by atoms with Crippen molar-refractivity contribution in [3.05, 3.63) is 46.2 Å². The number of benzene rings is 1. The Morgan fingerprint density at radius 2 is 2.00 bits per heavy atom. The number of hydrogen-bond donors (Lipinski definition) is 0. The van der Waals surface area contributed by atoms with Crippen LogP contribution in [0.3, 0.4) is 0 Å². The van der Waals surface area contributed by atoms with Gasteiger partial charge in [-0.05, 0) is 17.7 Å². The summed E-state index contributed by atoms with van der Waals surface area (Å²) >= 11 is 1.52. The molecule has 0 fully saturated rings. The summed E-state index contributed by atoms with van der Waals surface area (Å²) in [5, 5.41) is 10.3. The number of nitrogens with zero attached hydrogens (tertiary/aromatic N) is 1. The van der Waals surface area contributed by atoms with Crippen LogP contribution in [-0.2, 0) is 6.42 Å². The first kappa shape index (κ1) is 10.1. The van der Waals surface area contributed by atoms with E-state index in [1.54, 1.807) is 12.1 Å². The van der Waals surface area contributed by atoms with Gasteiger partial charge in [0.25, 0.3) is 5.69 Å². The molecule has 1 radical (unpaired) electrons. The highest BCUT2D eigenvalue weighted by Crippen LogP contribution is 2.13. The maximum Gasteiger partial charge on any atom is 0.269 e. The molecule has 0 spiro atoms. The van der Waals surface area contributed by atoms with Gasteiger partial charge in [-0.1, -0.05) is 12.1 Å². The molecule has 0 unspecified atom stereocenters. The van der Waals surface area contributed by atoms with Crippen LogP contribution in [0.2, 0.25) is 0 Å². The summed E-state index contributed by atoms with van der Waals surface area (Å²) in [4.78, 5) is 9.93. The predicted molar refractivity (Wildman–Crippen MR) is 54.6 cm³/mol. The van der Waals surface area contributed by atoms with E-state index in [0.717, 1.165) is 17.7 Å². The zero-order chi connectivity index (χ0) is 9.68. The van der Waals surface area contributed by atoms with Crippen molar-refractivity contribution in [2.75, 3.05) is 5.75 Å². The smallest absolute Gasteiger partial charge is 0.258 e. The van der Waals surface area contributed by atoms with Gasteiger partial charge in [0.05, 0.1) is 4.92 Å². The number of hydrogen-bond acceptors (Lipinski definition) is 3. The van der Waals surface area contributed by atoms with Crippen molar-refractivity contribution in [3.63, 3.8) is 0 Å². The Hall–Kier alpha value is -1.03. The van der Waals surface area contributed by atoms with Crippen molar-refractivity contribution in [1.29, 1.82) is 0 Å². The van der Waals surface area contributed by atoms with Crippen LogP contribution in [0.15, 0.2) is 24.3 Å². The Morgan fingerprint density at radius 1 is 1.38 bits per heavy atom. The van der Waals surface area contributed by atoms with Crippen LogP contribution in [0.4, 0.5) is 5.69 Å².